The highest BCUT2D eigenvalue weighted by molar-refractivity contribution is 5.33. The van der Waals surface area contributed by atoms with Gasteiger partial charge in [-0.15, -0.1) is 0 Å². The Balaban J connectivity index is 4.79. The molecule has 0 amide bonds. The predicted molar refractivity (Wildman–Crippen MR) is 46.6 cm³/mol. The van der Waals surface area contributed by atoms with E-state index in [4.69, 9.17) is 5.73 Å². The number of hydrogen-bond acceptors (Lipinski definition) is 1. The molecule has 1 nitrogen and oxygen atoms in total. The van der Waals surface area contributed by atoms with Crippen LogP contribution in [0.2, 0.25) is 0 Å². The molecular weight excluding hydrogens is 141 g/mol. The first kappa shape index (κ1) is 9.95. The van der Waals surface area contributed by atoms with E-state index in [0.29, 0.717) is 17.7 Å². The quantitative estimate of drug-likeness (QED) is 0.623. The summed E-state index contributed by atoms with van der Waals surface area (Å²) in [5.41, 5.74) is 6.54. The molecule has 0 aliphatic heterocycles. The van der Waals surface area contributed by atoms with Gasteiger partial charge < -0.3 is 5.73 Å². The van der Waals surface area contributed by atoms with Gasteiger partial charge in [-0.25, -0.2) is 4.39 Å². The fourth-order valence-electron chi connectivity index (χ4n) is 0.808. The lowest BCUT2D eigenvalue weighted by Crippen LogP contribution is -2.01. The van der Waals surface area contributed by atoms with Crippen LogP contribution in [0.25, 0.3) is 0 Å². The zero-order valence-electron chi connectivity index (χ0n) is 7.02. The zero-order chi connectivity index (χ0) is 8.85. The van der Waals surface area contributed by atoms with Crippen LogP contribution in [0, 0.1) is 0 Å². The highest BCUT2D eigenvalue weighted by atomic mass is 19.1. The van der Waals surface area contributed by atoms with Crippen LogP contribution in [-0.4, -0.2) is 0 Å². The van der Waals surface area contributed by atoms with Gasteiger partial charge in [-0.3, -0.25) is 0 Å². The zero-order valence-corrected chi connectivity index (χ0v) is 7.02. The van der Waals surface area contributed by atoms with Crippen molar-refractivity contribution in [1.29, 1.82) is 0 Å². The minimum atomic E-state index is -0.330. The molecule has 2 N–H and O–H groups in total. The maximum absolute atomic E-state index is 12.9. The van der Waals surface area contributed by atoms with Gasteiger partial charge in [-0.2, -0.15) is 0 Å². The highest BCUT2D eigenvalue weighted by Crippen LogP contribution is 2.16. The smallest absolute Gasteiger partial charge is 0.127 e. The maximum atomic E-state index is 12.9. The van der Waals surface area contributed by atoms with Crippen LogP contribution in [0.1, 0.15) is 20.3 Å². The molecule has 0 saturated heterocycles. The molecule has 2 heteroatoms. The van der Waals surface area contributed by atoms with Gasteiger partial charge in [0.1, 0.15) is 5.83 Å². The molecule has 11 heavy (non-hydrogen) atoms. The summed E-state index contributed by atoms with van der Waals surface area (Å²) in [5.74, 6) is -0.330. The third-order valence-electron chi connectivity index (χ3n) is 1.48. The lowest BCUT2D eigenvalue weighted by atomic mass is 10.1. The summed E-state index contributed by atoms with van der Waals surface area (Å²) in [4.78, 5) is 0. The lowest BCUT2D eigenvalue weighted by Gasteiger charge is -2.03. The minimum Gasteiger partial charge on any atom is -0.399 e. The number of halogens is 1. The van der Waals surface area contributed by atoms with Crippen molar-refractivity contribution >= 4 is 0 Å². The van der Waals surface area contributed by atoms with Crippen molar-refractivity contribution in [3.63, 3.8) is 0 Å². The fraction of sp³-hybridized carbons (Fsp3) is 0.333. The first-order valence-electron chi connectivity index (χ1n) is 3.60. The van der Waals surface area contributed by atoms with E-state index >= 15 is 0 Å². The van der Waals surface area contributed by atoms with Crippen LogP contribution >= 0.6 is 0 Å². The van der Waals surface area contributed by atoms with E-state index in [1.54, 1.807) is 13.0 Å². The molecule has 0 aromatic heterocycles. The Hall–Kier alpha value is -1.05. The van der Waals surface area contributed by atoms with Crippen LogP contribution in [-0.2, 0) is 0 Å². The summed E-state index contributed by atoms with van der Waals surface area (Å²) in [6, 6.07) is 0. The van der Waals surface area contributed by atoms with Crippen molar-refractivity contribution in [1.82, 2.24) is 0 Å². The largest absolute Gasteiger partial charge is 0.399 e. The van der Waals surface area contributed by atoms with Gasteiger partial charge in [0.25, 0.3) is 0 Å². The van der Waals surface area contributed by atoms with Crippen LogP contribution in [0.15, 0.2) is 35.8 Å². The summed E-state index contributed by atoms with van der Waals surface area (Å²) in [5, 5.41) is 0. The molecule has 0 aromatic rings. The normalized spacial score (nSPS) is 14.3. The molecule has 0 aromatic carbocycles. The van der Waals surface area contributed by atoms with Crippen LogP contribution in [0.3, 0.4) is 0 Å². The standard InChI is InChI=1S/C9H14FN/c1-4-7(8(10)5-2)9(11)6-3/h5-6H,2,4,11H2,1,3H3/b8-7+,9-6+. The van der Waals surface area contributed by atoms with Crippen molar-refractivity contribution in [3.8, 4) is 0 Å². The number of hydrogen-bond donors (Lipinski definition) is 1. The molecule has 0 unspecified atom stereocenters. The van der Waals surface area contributed by atoms with Gasteiger partial charge in [0.05, 0.1) is 0 Å². The summed E-state index contributed by atoms with van der Waals surface area (Å²) in [6.07, 6.45) is 3.45. The van der Waals surface area contributed by atoms with Crippen molar-refractivity contribution < 1.29 is 4.39 Å². The topological polar surface area (TPSA) is 26.0 Å². The average Bonchev–Trinajstić information content (AvgIpc) is 2.05. The SMILES string of the molecule is C=C/C(F)=C(CC)\C(N)=C/C. The Kier molecular flexibility index (Phi) is 4.27. The molecule has 0 rings (SSSR count). The molecule has 0 bridgehead atoms. The molecule has 0 atom stereocenters. The molecule has 0 fully saturated rings. The van der Waals surface area contributed by atoms with E-state index in [1.807, 2.05) is 6.92 Å². The third-order valence-corrected chi connectivity index (χ3v) is 1.48. The monoisotopic (exact) mass is 155 g/mol. The molecule has 62 valence electrons. The third kappa shape index (κ3) is 2.58. The van der Waals surface area contributed by atoms with Gasteiger partial charge in [0, 0.05) is 11.3 Å². The van der Waals surface area contributed by atoms with E-state index in [1.165, 1.54) is 6.08 Å². The molecule has 0 heterocycles. The van der Waals surface area contributed by atoms with E-state index in [9.17, 15) is 4.39 Å². The van der Waals surface area contributed by atoms with Gasteiger partial charge in [0.15, 0.2) is 0 Å². The molecule has 0 aliphatic rings. The van der Waals surface area contributed by atoms with Gasteiger partial charge >= 0.3 is 0 Å². The Bertz CT molecular complexity index is 202. The summed E-state index contributed by atoms with van der Waals surface area (Å²) in [7, 11) is 0. The molecular formula is C9H14FN. The average molecular weight is 155 g/mol. The van der Waals surface area contributed by atoms with E-state index in [-0.39, 0.29) is 5.83 Å². The van der Waals surface area contributed by atoms with Gasteiger partial charge in [-0.05, 0) is 19.4 Å². The number of rotatable bonds is 3. The molecule has 0 spiro atoms. The Labute approximate surface area is 67.1 Å². The van der Waals surface area contributed by atoms with E-state index in [2.05, 4.69) is 6.58 Å². The van der Waals surface area contributed by atoms with Crippen molar-refractivity contribution in [3.05, 3.63) is 35.8 Å². The predicted octanol–water partition coefficient (Wildman–Crippen LogP) is 2.67. The van der Waals surface area contributed by atoms with Gasteiger partial charge in [-0.1, -0.05) is 19.6 Å². The summed E-state index contributed by atoms with van der Waals surface area (Å²) < 4.78 is 12.9. The van der Waals surface area contributed by atoms with E-state index < -0.39 is 0 Å². The Morgan fingerprint density at radius 1 is 1.64 bits per heavy atom. The van der Waals surface area contributed by atoms with Crippen molar-refractivity contribution in [2.75, 3.05) is 0 Å². The Morgan fingerprint density at radius 2 is 2.18 bits per heavy atom. The van der Waals surface area contributed by atoms with E-state index in [0.717, 1.165) is 0 Å². The highest BCUT2D eigenvalue weighted by Gasteiger charge is 2.02. The fourth-order valence-corrected chi connectivity index (χ4v) is 0.808. The lowest BCUT2D eigenvalue weighted by molar-refractivity contribution is 0.650. The molecule has 0 aliphatic carbocycles. The minimum absolute atomic E-state index is 0.330. The summed E-state index contributed by atoms with van der Waals surface area (Å²) >= 11 is 0. The number of allylic oxidation sites excluding steroid dienone is 4. The van der Waals surface area contributed by atoms with Crippen LogP contribution < -0.4 is 5.73 Å². The Morgan fingerprint density at radius 3 is 2.45 bits per heavy atom. The van der Waals surface area contributed by atoms with Crippen molar-refractivity contribution in [2.24, 2.45) is 5.73 Å². The van der Waals surface area contributed by atoms with Crippen LogP contribution in [0.5, 0.6) is 0 Å². The summed E-state index contributed by atoms with van der Waals surface area (Å²) in [6.45, 7) is 6.97. The first-order valence-corrected chi connectivity index (χ1v) is 3.60. The first-order chi connectivity index (χ1) is 5.17. The van der Waals surface area contributed by atoms with Crippen molar-refractivity contribution in [2.45, 2.75) is 20.3 Å². The van der Waals surface area contributed by atoms with Gasteiger partial charge in [0.2, 0.25) is 0 Å². The second kappa shape index (κ2) is 4.72. The maximum Gasteiger partial charge on any atom is 0.127 e. The second-order valence-corrected chi connectivity index (χ2v) is 2.13. The molecule has 0 saturated carbocycles. The molecule has 0 radical (unpaired) electrons. The van der Waals surface area contributed by atoms with Crippen LogP contribution in [0.4, 0.5) is 4.39 Å². The number of nitrogens with two attached hydrogens (primary N) is 1. The second-order valence-electron chi connectivity index (χ2n) is 2.13.